The van der Waals surface area contributed by atoms with Crippen molar-refractivity contribution in [2.24, 2.45) is 0 Å². The van der Waals surface area contributed by atoms with Gasteiger partial charge in [-0.05, 0) is 29.2 Å². The van der Waals surface area contributed by atoms with E-state index in [1.165, 1.54) is 11.5 Å². The van der Waals surface area contributed by atoms with Gasteiger partial charge < -0.3 is 15.5 Å². The van der Waals surface area contributed by atoms with Crippen molar-refractivity contribution in [3.8, 4) is 11.1 Å². The molecular weight excluding hydrogens is 286 g/mol. The lowest BCUT2D eigenvalue weighted by molar-refractivity contribution is -0.129. The normalized spacial score (nSPS) is 15.3. The highest BCUT2D eigenvalue weighted by atomic mass is 32.1. The van der Waals surface area contributed by atoms with Crippen molar-refractivity contribution in [1.29, 1.82) is 0 Å². The van der Waals surface area contributed by atoms with E-state index in [-0.39, 0.29) is 5.91 Å². The number of carbonyl (C=O) groups excluding carboxylic acids is 1. The molecule has 1 saturated heterocycles. The van der Waals surface area contributed by atoms with Crippen LogP contribution in [0, 0.1) is 0 Å². The Balaban J connectivity index is 1.86. The summed E-state index contributed by atoms with van der Waals surface area (Å²) in [6, 6.07) is 3.88. The number of nitrogens with two attached hydrogens (primary N) is 1. The molecule has 2 aromatic heterocycles. The topological polar surface area (TPSA) is 75.4 Å². The average Bonchev–Trinajstić information content (AvgIpc) is 2.90. The predicted octanol–water partition coefficient (Wildman–Crippen LogP) is 1.46. The van der Waals surface area contributed by atoms with Gasteiger partial charge in [-0.25, -0.2) is 0 Å². The lowest BCUT2D eigenvalue weighted by Gasteiger charge is -2.35. The molecule has 21 heavy (non-hydrogen) atoms. The molecule has 0 aromatic carbocycles. The molecule has 2 aromatic rings. The summed E-state index contributed by atoms with van der Waals surface area (Å²) < 4.78 is 4.30. The molecule has 1 aliphatic heterocycles. The fraction of sp³-hybridized carbons (Fsp3) is 0.357. The van der Waals surface area contributed by atoms with Crippen LogP contribution in [0.25, 0.3) is 11.1 Å². The van der Waals surface area contributed by atoms with Crippen LogP contribution < -0.4 is 10.6 Å². The van der Waals surface area contributed by atoms with E-state index in [0.717, 1.165) is 42.3 Å². The number of pyridine rings is 1. The molecule has 0 atom stereocenters. The van der Waals surface area contributed by atoms with Gasteiger partial charge in [0.05, 0.1) is 5.56 Å². The van der Waals surface area contributed by atoms with E-state index in [2.05, 4.69) is 14.3 Å². The zero-order valence-electron chi connectivity index (χ0n) is 11.8. The van der Waals surface area contributed by atoms with Crippen molar-refractivity contribution in [1.82, 2.24) is 14.3 Å². The van der Waals surface area contributed by atoms with E-state index in [0.29, 0.717) is 5.82 Å². The van der Waals surface area contributed by atoms with E-state index < -0.39 is 0 Å². The first-order chi connectivity index (χ1) is 10.2. The molecule has 1 fully saturated rings. The average molecular weight is 303 g/mol. The van der Waals surface area contributed by atoms with Crippen LogP contribution in [0.1, 0.15) is 6.92 Å². The second-order valence-corrected chi connectivity index (χ2v) is 5.73. The van der Waals surface area contributed by atoms with Gasteiger partial charge in [-0.15, -0.1) is 0 Å². The van der Waals surface area contributed by atoms with Crippen molar-refractivity contribution < 1.29 is 4.79 Å². The first-order valence-corrected chi connectivity index (χ1v) is 7.60. The number of hydrogen-bond donors (Lipinski definition) is 1. The molecule has 0 aliphatic carbocycles. The third-order valence-electron chi connectivity index (χ3n) is 3.68. The van der Waals surface area contributed by atoms with Crippen molar-refractivity contribution in [3.63, 3.8) is 0 Å². The van der Waals surface area contributed by atoms with Gasteiger partial charge >= 0.3 is 0 Å². The third-order valence-corrected chi connectivity index (χ3v) is 4.60. The first kappa shape index (κ1) is 13.8. The Kier molecular flexibility index (Phi) is 3.74. The van der Waals surface area contributed by atoms with Crippen LogP contribution in [0.2, 0.25) is 0 Å². The van der Waals surface area contributed by atoms with E-state index in [1.54, 1.807) is 19.3 Å². The van der Waals surface area contributed by atoms with Gasteiger partial charge in [0.1, 0.15) is 10.8 Å². The van der Waals surface area contributed by atoms with Gasteiger partial charge in [0.15, 0.2) is 0 Å². The maximum Gasteiger partial charge on any atom is 0.219 e. The zero-order chi connectivity index (χ0) is 14.8. The molecule has 110 valence electrons. The summed E-state index contributed by atoms with van der Waals surface area (Å²) in [5.41, 5.74) is 8.04. The van der Waals surface area contributed by atoms with Crippen molar-refractivity contribution in [2.75, 3.05) is 36.8 Å². The lowest BCUT2D eigenvalue weighted by Crippen LogP contribution is -2.48. The van der Waals surface area contributed by atoms with Crippen LogP contribution >= 0.6 is 11.5 Å². The summed E-state index contributed by atoms with van der Waals surface area (Å²) in [6.07, 6.45) is 3.51. The predicted molar refractivity (Wildman–Crippen MR) is 84.2 cm³/mol. The van der Waals surface area contributed by atoms with Gasteiger partial charge in [0.2, 0.25) is 5.91 Å². The number of aromatic nitrogens is 2. The second-order valence-electron chi connectivity index (χ2n) is 4.98. The van der Waals surface area contributed by atoms with Crippen molar-refractivity contribution in [2.45, 2.75) is 6.92 Å². The Labute approximate surface area is 127 Å². The fourth-order valence-electron chi connectivity index (χ4n) is 2.52. The van der Waals surface area contributed by atoms with Gasteiger partial charge in [-0.1, -0.05) is 0 Å². The summed E-state index contributed by atoms with van der Waals surface area (Å²) in [7, 11) is 0. The molecular formula is C14H17N5OS. The summed E-state index contributed by atoms with van der Waals surface area (Å²) in [5.74, 6) is 0.683. The zero-order valence-corrected chi connectivity index (χ0v) is 12.6. The minimum absolute atomic E-state index is 0.132. The van der Waals surface area contributed by atoms with Gasteiger partial charge in [0.25, 0.3) is 0 Å². The maximum absolute atomic E-state index is 11.4. The molecule has 0 unspecified atom stereocenters. The van der Waals surface area contributed by atoms with E-state index in [4.69, 9.17) is 5.73 Å². The standard InChI is InChI=1S/C14H17N5OS/c1-10(20)18-6-8-19(9-7-18)14-12(13(15)17-21-14)11-2-4-16-5-3-11/h2-5H,6-9H2,1H3,(H2,15,17). The Morgan fingerprint density at radius 1 is 1.24 bits per heavy atom. The monoisotopic (exact) mass is 303 g/mol. The molecule has 1 aliphatic rings. The highest BCUT2D eigenvalue weighted by molar-refractivity contribution is 7.11. The minimum atomic E-state index is 0.132. The maximum atomic E-state index is 11.4. The SMILES string of the molecule is CC(=O)N1CCN(c2snc(N)c2-c2ccncc2)CC1. The third kappa shape index (κ3) is 2.69. The Morgan fingerprint density at radius 2 is 1.90 bits per heavy atom. The largest absolute Gasteiger partial charge is 0.382 e. The molecule has 0 bridgehead atoms. The van der Waals surface area contributed by atoms with E-state index in [9.17, 15) is 4.79 Å². The van der Waals surface area contributed by atoms with E-state index >= 15 is 0 Å². The summed E-state index contributed by atoms with van der Waals surface area (Å²) in [6.45, 7) is 4.70. The molecule has 3 rings (SSSR count). The summed E-state index contributed by atoms with van der Waals surface area (Å²) in [4.78, 5) is 19.6. The molecule has 6 nitrogen and oxygen atoms in total. The Morgan fingerprint density at radius 3 is 2.52 bits per heavy atom. The van der Waals surface area contributed by atoms with Gasteiger partial charge in [-0.2, -0.15) is 4.37 Å². The second kappa shape index (κ2) is 5.69. The molecule has 0 radical (unpaired) electrons. The number of nitrogens with zero attached hydrogens (tertiary/aromatic N) is 4. The summed E-state index contributed by atoms with van der Waals surface area (Å²) in [5, 5.41) is 1.07. The van der Waals surface area contributed by atoms with E-state index in [1.807, 2.05) is 17.0 Å². The van der Waals surface area contributed by atoms with Crippen molar-refractivity contribution >= 4 is 28.3 Å². The van der Waals surface area contributed by atoms with Crippen molar-refractivity contribution in [3.05, 3.63) is 24.5 Å². The number of rotatable bonds is 2. The smallest absolute Gasteiger partial charge is 0.219 e. The number of hydrogen-bond acceptors (Lipinski definition) is 6. The lowest BCUT2D eigenvalue weighted by atomic mass is 10.1. The highest BCUT2D eigenvalue weighted by Gasteiger charge is 2.24. The molecule has 3 heterocycles. The molecule has 7 heteroatoms. The fourth-order valence-corrected chi connectivity index (χ4v) is 3.41. The van der Waals surface area contributed by atoms with Crippen LogP contribution in [-0.4, -0.2) is 46.3 Å². The van der Waals surface area contributed by atoms with Crippen LogP contribution in [0.3, 0.4) is 0 Å². The van der Waals surface area contributed by atoms with Crippen LogP contribution in [0.4, 0.5) is 10.8 Å². The number of anilines is 2. The van der Waals surface area contributed by atoms with Gasteiger partial charge in [-0.3, -0.25) is 9.78 Å². The number of amides is 1. The quantitative estimate of drug-likeness (QED) is 0.909. The minimum Gasteiger partial charge on any atom is -0.382 e. The number of carbonyl (C=O) groups is 1. The first-order valence-electron chi connectivity index (χ1n) is 6.83. The molecule has 0 spiro atoms. The Hall–Kier alpha value is -2.15. The van der Waals surface area contributed by atoms with Gasteiger partial charge in [0, 0.05) is 45.5 Å². The van der Waals surface area contributed by atoms with Crippen LogP contribution in [-0.2, 0) is 4.79 Å². The number of piperazine rings is 1. The Bertz CT molecular complexity index is 634. The van der Waals surface area contributed by atoms with Crippen LogP contribution in [0.5, 0.6) is 0 Å². The van der Waals surface area contributed by atoms with Crippen LogP contribution in [0.15, 0.2) is 24.5 Å². The molecule has 0 saturated carbocycles. The number of nitrogen functional groups attached to an aromatic ring is 1. The molecule has 1 amide bonds. The summed E-state index contributed by atoms with van der Waals surface area (Å²) >= 11 is 1.41. The molecule has 2 N–H and O–H groups in total. The highest BCUT2D eigenvalue weighted by Crippen LogP contribution is 2.39.